The second-order valence-electron chi connectivity index (χ2n) is 10.8. The number of methoxy groups -OCH3 is 1. The second-order valence-corrected chi connectivity index (χ2v) is 10.8. The Balaban J connectivity index is 0.000000569. The van der Waals surface area contributed by atoms with Crippen molar-refractivity contribution in [3.8, 4) is 5.75 Å². The van der Waals surface area contributed by atoms with Crippen molar-refractivity contribution in [3.63, 3.8) is 0 Å². The molecule has 0 saturated carbocycles. The van der Waals surface area contributed by atoms with Gasteiger partial charge in [-0.1, -0.05) is 86.6 Å². The van der Waals surface area contributed by atoms with E-state index in [9.17, 15) is 24.3 Å². The van der Waals surface area contributed by atoms with Gasteiger partial charge in [0, 0.05) is 6.42 Å². The summed E-state index contributed by atoms with van der Waals surface area (Å²) in [5, 5.41) is 25.2. The molecule has 10 heteroatoms. The molecule has 3 aromatic carbocycles. The molecule has 0 aliphatic rings. The van der Waals surface area contributed by atoms with Gasteiger partial charge in [-0.25, -0.2) is 0 Å². The molecular formula is C34H43N3O7. The molecule has 10 nitrogen and oxygen atoms in total. The van der Waals surface area contributed by atoms with E-state index in [1.807, 2.05) is 74.5 Å². The maximum atomic E-state index is 13.1. The van der Waals surface area contributed by atoms with Gasteiger partial charge in [-0.2, -0.15) is 0 Å². The summed E-state index contributed by atoms with van der Waals surface area (Å²) in [4.78, 5) is 47.2. The summed E-state index contributed by atoms with van der Waals surface area (Å²) in [5.74, 6) is -1.61. The van der Waals surface area contributed by atoms with Crippen LogP contribution in [0.4, 0.5) is 0 Å². The van der Waals surface area contributed by atoms with Gasteiger partial charge in [0.25, 0.3) is 0 Å². The molecule has 0 bridgehead atoms. The summed E-state index contributed by atoms with van der Waals surface area (Å²) >= 11 is 0. The van der Waals surface area contributed by atoms with Crippen LogP contribution >= 0.6 is 0 Å². The maximum absolute atomic E-state index is 13.1. The summed E-state index contributed by atoms with van der Waals surface area (Å²) in [5.41, 5.74) is 7.60. The highest BCUT2D eigenvalue weighted by Gasteiger charge is 2.29. The van der Waals surface area contributed by atoms with E-state index in [-0.39, 0.29) is 37.0 Å². The number of carboxylic acid groups (broad SMARTS) is 1. The number of primary amides is 1. The standard InChI is InChI=1S/C26H34N2O6.C8H9NO/c1-17(2)25(28-23(30)16-19-10-7-11-20(14-19)34-3)26(33)27-21(22(29)12-13-24(31)32)15-18-8-5-4-6-9-18;9-8(10)6-7-4-2-1-3-5-7/h4-11,14,17,21-22,25,29H,12-13,15-16H2,1-3H3,(H,27,33)(H,28,30)(H,31,32);1-5H,6H2,(H2,9,10)/t21-,22-,25?;/m0./s1. The number of aliphatic hydroxyl groups excluding tert-OH is 1. The predicted molar refractivity (Wildman–Crippen MR) is 168 cm³/mol. The van der Waals surface area contributed by atoms with Crippen molar-refractivity contribution in [2.75, 3.05) is 7.11 Å². The number of hydrogen-bond donors (Lipinski definition) is 5. The number of amides is 3. The molecule has 0 saturated heterocycles. The highest BCUT2D eigenvalue weighted by molar-refractivity contribution is 5.88. The fraction of sp³-hybridized carbons (Fsp3) is 0.353. The maximum Gasteiger partial charge on any atom is 0.303 e. The molecule has 44 heavy (non-hydrogen) atoms. The van der Waals surface area contributed by atoms with Crippen molar-refractivity contribution < 1.29 is 34.1 Å². The Hall–Kier alpha value is -4.70. The topological polar surface area (TPSA) is 168 Å². The summed E-state index contributed by atoms with van der Waals surface area (Å²) in [6, 6.07) is 24.4. The molecule has 3 amide bonds. The quantitative estimate of drug-likeness (QED) is 0.177. The van der Waals surface area contributed by atoms with E-state index in [2.05, 4.69) is 10.6 Å². The third-order valence-electron chi connectivity index (χ3n) is 6.73. The Morgan fingerprint density at radius 3 is 1.95 bits per heavy atom. The first kappa shape index (κ1) is 35.5. The minimum Gasteiger partial charge on any atom is -0.497 e. The third kappa shape index (κ3) is 13.5. The molecular weight excluding hydrogens is 562 g/mol. The van der Waals surface area contributed by atoms with Crippen LogP contribution in [0.5, 0.6) is 5.75 Å². The first-order valence-corrected chi connectivity index (χ1v) is 14.5. The molecule has 0 aliphatic carbocycles. The van der Waals surface area contributed by atoms with Crippen molar-refractivity contribution in [2.45, 2.75) is 64.1 Å². The Labute approximate surface area is 258 Å². The van der Waals surface area contributed by atoms with Crippen LogP contribution < -0.4 is 21.1 Å². The molecule has 0 radical (unpaired) electrons. The fourth-order valence-electron chi connectivity index (χ4n) is 4.42. The number of aliphatic carboxylic acids is 1. The second kappa shape index (κ2) is 18.8. The van der Waals surface area contributed by atoms with Crippen LogP contribution in [0.2, 0.25) is 0 Å². The zero-order valence-corrected chi connectivity index (χ0v) is 25.4. The minimum atomic E-state index is -1.06. The first-order valence-electron chi connectivity index (χ1n) is 14.5. The van der Waals surface area contributed by atoms with Crippen LogP contribution in [-0.2, 0) is 38.4 Å². The molecule has 0 aliphatic heterocycles. The van der Waals surface area contributed by atoms with Crippen molar-refractivity contribution in [1.82, 2.24) is 10.6 Å². The summed E-state index contributed by atoms with van der Waals surface area (Å²) in [6.07, 6.45) is -0.519. The number of benzene rings is 3. The number of carbonyl (C=O) groups is 4. The fourth-order valence-corrected chi connectivity index (χ4v) is 4.42. The Bertz CT molecular complexity index is 1330. The van der Waals surface area contributed by atoms with Crippen molar-refractivity contribution >= 4 is 23.7 Å². The van der Waals surface area contributed by atoms with Crippen LogP contribution in [0.15, 0.2) is 84.9 Å². The van der Waals surface area contributed by atoms with Crippen LogP contribution in [0.3, 0.4) is 0 Å². The van der Waals surface area contributed by atoms with E-state index >= 15 is 0 Å². The van der Waals surface area contributed by atoms with Crippen LogP contribution in [-0.4, -0.2) is 59.2 Å². The molecule has 0 aromatic heterocycles. The van der Waals surface area contributed by atoms with Gasteiger partial charge in [-0.05, 0) is 47.6 Å². The number of nitrogens with two attached hydrogens (primary N) is 1. The molecule has 236 valence electrons. The van der Waals surface area contributed by atoms with Crippen molar-refractivity contribution in [2.24, 2.45) is 11.7 Å². The molecule has 3 rings (SSSR count). The van der Waals surface area contributed by atoms with Gasteiger partial charge in [-0.3, -0.25) is 19.2 Å². The zero-order valence-electron chi connectivity index (χ0n) is 25.4. The van der Waals surface area contributed by atoms with E-state index in [1.54, 1.807) is 31.4 Å². The van der Waals surface area contributed by atoms with Gasteiger partial charge in [0.2, 0.25) is 17.7 Å². The lowest BCUT2D eigenvalue weighted by Crippen LogP contribution is -2.55. The molecule has 1 unspecified atom stereocenters. The number of carboxylic acids is 1. The summed E-state index contributed by atoms with van der Waals surface area (Å²) in [6.45, 7) is 3.65. The van der Waals surface area contributed by atoms with Crippen LogP contribution in [0.25, 0.3) is 0 Å². The van der Waals surface area contributed by atoms with Crippen molar-refractivity contribution in [1.29, 1.82) is 0 Å². The van der Waals surface area contributed by atoms with E-state index in [0.717, 1.165) is 16.7 Å². The number of ether oxygens (including phenoxy) is 1. The van der Waals surface area contributed by atoms with Gasteiger partial charge >= 0.3 is 5.97 Å². The number of nitrogens with one attached hydrogen (secondary N) is 2. The smallest absolute Gasteiger partial charge is 0.303 e. The van der Waals surface area contributed by atoms with E-state index in [0.29, 0.717) is 18.6 Å². The lowest BCUT2D eigenvalue weighted by atomic mass is 9.96. The summed E-state index contributed by atoms with van der Waals surface area (Å²) < 4.78 is 5.19. The van der Waals surface area contributed by atoms with Crippen LogP contribution in [0, 0.1) is 5.92 Å². The number of hydrogen-bond acceptors (Lipinski definition) is 6. The molecule has 3 atom stereocenters. The summed E-state index contributed by atoms with van der Waals surface area (Å²) in [7, 11) is 1.55. The Morgan fingerprint density at radius 2 is 1.41 bits per heavy atom. The van der Waals surface area contributed by atoms with E-state index < -0.39 is 30.1 Å². The van der Waals surface area contributed by atoms with Gasteiger partial charge in [0.15, 0.2) is 0 Å². The van der Waals surface area contributed by atoms with Crippen molar-refractivity contribution in [3.05, 3.63) is 102 Å². The Morgan fingerprint density at radius 1 is 0.818 bits per heavy atom. The molecule has 3 aromatic rings. The Kier molecular flexibility index (Phi) is 15.1. The molecule has 6 N–H and O–H groups in total. The highest BCUT2D eigenvalue weighted by Crippen LogP contribution is 2.14. The first-order chi connectivity index (χ1) is 21.0. The van der Waals surface area contributed by atoms with E-state index in [4.69, 9.17) is 15.6 Å². The van der Waals surface area contributed by atoms with Crippen LogP contribution in [0.1, 0.15) is 43.4 Å². The third-order valence-corrected chi connectivity index (χ3v) is 6.73. The average molecular weight is 606 g/mol. The number of aliphatic hydroxyl groups is 1. The van der Waals surface area contributed by atoms with Gasteiger partial charge in [-0.15, -0.1) is 0 Å². The SMILES string of the molecule is COc1cccc(CC(=O)NC(C(=O)N[C@@H](Cc2ccccc2)[C@@H](O)CCC(=O)O)C(C)C)c1.NC(=O)Cc1ccccc1. The van der Waals surface area contributed by atoms with E-state index in [1.165, 1.54) is 0 Å². The van der Waals surface area contributed by atoms with Gasteiger partial charge < -0.3 is 31.3 Å². The van der Waals surface area contributed by atoms with Gasteiger partial charge in [0.1, 0.15) is 11.8 Å². The monoisotopic (exact) mass is 605 g/mol. The zero-order chi connectivity index (χ0) is 32.5. The number of carbonyl (C=O) groups excluding carboxylic acids is 3. The number of rotatable bonds is 15. The average Bonchev–Trinajstić information content (AvgIpc) is 2.99. The normalized spacial score (nSPS) is 12.6. The predicted octanol–water partition coefficient (Wildman–Crippen LogP) is 3.05. The highest BCUT2D eigenvalue weighted by atomic mass is 16.5. The molecule has 0 spiro atoms. The molecule has 0 heterocycles. The lowest BCUT2D eigenvalue weighted by Gasteiger charge is -2.28. The largest absolute Gasteiger partial charge is 0.497 e. The molecule has 0 fully saturated rings. The van der Waals surface area contributed by atoms with Gasteiger partial charge in [0.05, 0.1) is 32.1 Å². The lowest BCUT2D eigenvalue weighted by molar-refractivity contribution is -0.137. The minimum absolute atomic E-state index is 0.00164.